The van der Waals surface area contributed by atoms with E-state index in [1.807, 2.05) is 25.9 Å². The van der Waals surface area contributed by atoms with Crippen LogP contribution in [-0.4, -0.2) is 55.4 Å². The molecule has 17 heavy (non-hydrogen) atoms. The molecule has 1 amide bonds. The van der Waals surface area contributed by atoms with Gasteiger partial charge in [-0.3, -0.25) is 9.79 Å². The first-order valence-electron chi connectivity index (χ1n) is 6.29. The van der Waals surface area contributed by atoms with Crippen LogP contribution in [0, 0.1) is 5.92 Å². The van der Waals surface area contributed by atoms with Crippen molar-refractivity contribution < 1.29 is 4.79 Å². The number of primary amides is 1. The molecule has 0 aromatic carbocycles. The zero-order valence-electron chi connectivity index (χ0n) is 11.1. The van der Waals surface area contributed by atoms with Crippen molar-refractivity contribution in [3.8, 4) is 0 Å². The Morgan fingerprint density at radius 3 is 2.76 bits per heavy atom. The van der Waals surface area contributed by atoms with E-state index in [2.05, 4.69) is 9.89 Å². The lowest BCUT2D eigenvalue weighted by Gasteiger charge is -2.36. The fraction of sp³-hybridized carbons (Fsp3) is 0.833. The first-order valence-corrected chi connectivity index (χ1v) is 6.29. The van der Waals surface area contributed by atoms with Crippen molar-refractivity contribution in [2.24, 2.45) is 16.6 Å². The van der Waals surface area contributed by atoms with Crippen molar-refractivity contribution in [2.75, 3.05) is 33.7 Å². The molecule has 5 nitrogen and oxygen atoms in total. The molecule has 0 saturated carbocycles. The summed E-state index contributed by atoms with van der Waals surface area (Å²) in [6.45, 7) is 4.73. The van der Waals surface area contributed by atoms with E-state index in [9.17, 15) is 4.79 Å². The van der Waals surface area contributed by atoms with Gasteiger partial charge in [-0.2, -0.15) is 0 Å². The van der Waals surface area contributed by atoms with Crippen LogP contribution in [0.1, 0.15) is 26.2 Å². The Balaban J connectivity index is 2.64. The second kappa shape index (κ2) is 6.47. The predicted molar refractivity (Wildman–Crippen MR) is 69.8 cm³/mol. The quantitative estimate of drug-likeness (QED) is 0.577. The number of hydrogen-bond acceptors (Lipinski definition) is 2. The summed E-state index contributed by atoms with van der Waals surface area (Å²) >= 11 is 0. The molecule has 1 unspecified atom stereocenters. The van der Waals surface area contributed by atoms with E-state index >= 15 is 0 Å². The average molecular weight is 240 g/mol. The van der Waals surface area contributed by atoms with Gasteiger partial charge >= 0.3 is 0 Å². The molecule has 0 radical (unpaired) electrons. The second-order valence-electron chi connectivity index (χ2n) is 4.79. The minimum absolute atomic E-state index is 0.198. The van der Waals surface area contributed by atoms with Gasteiger partial charge in [0.05, 0.1) is 0 Å². The topological polar surface area (TPSA) is 61.9 Å². The molecule has 1 heterocycles. The van der Waals surface area contributed by atoms with E-state index in [4.69, 9.17) is 5.73 Å². The molecule has 1 rings (SSSR count). The molecular weight excluding hydrogens is 216 g/mol. The molecule has 0 spiro atoms. The zero-order valence-corrected chi connectivity index (χ0v) is 11.1. The number of carbonyl (C=O) groups is 1. The van der Waals surface area contributed by atoms with Crippen molar-refractivity contribution >= 4 is 11.9 Å². The number of piperidine rings is 1. The standard InChI is InChI=1S/C12H24N4O/c1-4-14-12(15(2)3)16-7-5-6-10(9-16)8-11(13)17/h10H,4-9H2,1-3H3,(H2,13,17). The lowest BCUT2D eigenvalue weighted by Crippen LogP contribution is -2.46. The Kier molecular flexibility index (Phi) is 5.25. The smallest absolute Gasteiger partial charge is 0.217 e. The minimum Gasteiger partial charge on any atom is -0.370 e. The van der Waals surface area contributed by atoms with Crippen LogP contribution in [0.15, 0.2) is 4.99 Å². The van der Waals surface area contributed by atoms with Crippen LogP contribution in [0.4, 0.5) is 0 Å². The molecule has 1 saturated heterocycles. The number of nitrogens with zero attached hydrogens (tertiary/aromatic N) is 3. The van der Waals surface area contributed by atoms with Crippen LogP contribution in [0.3, 0.4) is 0 Å². The third-order valence-corrected chi connectivity index (χ3v) is 2.99. The van der Waals surface area contributed by atoms with E-state index in [-0.39, 0.29) is 5.91 Å². The van der Waals surface area contributed by atoms with Gasteiger partial charge in [0, 0.05) is 40.2 Å². The van der Waals surface area contributed by atoms with Gasteiger partial charge < -0.3 is 15.5 Å². The van der Waals surface area contributed by atoms with Crippen LogP contribution in [0.5, 0.6) is 0 Å². The Labute approximate surface area is 104 Å². The summed E-state index contributed by atoms with van der Waals surface area (Å²) in [5.41, 5.74) is 5.27. The molecule has 1 atom stereocenters. The Bertz CT molecular complexity index is 288. The van der Waals surface area contributed by atoms with Crippen LogP contribution in [0.2, 0.25) is 0 Å². The lowest BCUT2D eigenvalue weighted by atomic mass is 9.95. The van der Waals surface area contributed by atoms with Gasteiger partial charge in [0.25, 0.3) is 0 Å². The molecule has 1 aliphatic heterocycles. The Morgan fingerprint density at radius 1 is 1.53 bits per heavy atom. The van der Waals surface area contributed by atoms with Gasteiger partial charge in [-0.15, -0.1) is 0 Å². The number of likely N-dealkylation sites (tertiary alicyclic amines) is 1. The van der Waals surface area contributed by atoms with Crippen LogP contribution in [0.25, 0.3) is 0 Å². The van der Waals surface area contributed by atoms with Crippen molar-refractivity contribution in [2.45, 2.75) is 26.2 Å². The van der Waals surface area contributed by atoms with E-state index in [0.29, 0.717) is 12.3 Å². The normalized spacial score (nSPS) is 21.5. The highest BCUT2D eigenvalue weighted by atomic mass is 16.1. The monoisotopic (exact) mass is 240 g/mol. The van der Waals surface area contributed by atoms with E-state index in [1.54, 1.807) is 0 Å². The van der Waals surface area contributed by atoms with Gasteiger partial charge in [0.1, 0.15) is 0 Å². The molecule has 1 aliphatic rings. The molecule has 98 valence electrons. The van der Waals surface area contributed by atoms with Crippen LogP contribution < -0.4 is 5.73 Å². The van der Waals surface area contributed by atoms with Gasteiger partial charge in [0.15, 0.2) is 5.96 Å². The summed E-state index contributed by atoms with van der Waals surface area (Å²) in [7, 11) is 4.01. The minimum atomic E-state index is -0.198. The highest BCUT2D eigenvalue weighted by Gasteiger charge is 2.24. The summed E-state index contributed by atoms with van der Waals surface area (Å²) in [5.74, 6) is 1.20. The average Bonchev–Trinajstić information content (AvgIpc) is 2.24. The number of rotatable bonds is 3. The van der Waals surface area contributed by atoms with E-state index < -0.39 is 0 Å². The number of aliphatic imine (C=N–C) groups is 1. The highest BCUT2D eigenvalue weighted by molar-refractivity contribution is 5.80. The number of nitrogens with two attached hydrogens (primary N) is 1. The van der Waals surface area contributed by atoms with Crippen LogP contribution >= 0.6 is 0 Å². The molecule has 0 aromatic rings. The van der Waals surface area contributed by atoms with Crippen molar-refractivity contribution in [1.82, 2.24) is 9.80 Å². The molecule has 0 aliphatic carbocycles. The highest BCUT2D eigenvalue weighted by Crippen LogP contribution is 2.20. The van der Waals surface area contributed by atoms with Gasteiger partial charge in [-0.1, -0.05) is 0 Å². The number of guanidine groups is 1. The summed E-state index contributed by atoms with van der Waals surface area (Å²) in [6, 6.07) is 0. The maximum absolute atomic E-state index is 11.0. The third kappa shape index (κ3) is 4.24. The SMILES string of the molecule is CCN=C(N(C)C)N1CCCC(CC(N)=O)C1. The molecular formula is C12H24N4O. The molecule has 0 bridgehead atoms. The summed E-state index contributed by atoms with van der Waals surface area (Å²) in [4.78, 5) is 19.8. The summed E-state index contributed by atoms with van der Waals surface area (Å²) in [6.07, 6.45) is 2.68. The van der Waals surface area contributed by atoms with Gasteiger partial charge in [-0.25, -0.2) is 0 Å². The number of amides is 1. The molecule has 5 heteroatoms. The molecule has 1 fully saturated rings. The first-order chi connectivity index (χ1) is 8.04. The largest absolute Gasteiger partial charge is 0.370 e. The maximum Gasteiger partial charge on any atom is 0.217 e. The second-order valence-corrected chi connectivity index (χ2v) is 4.79. The zero-order chi connectivity index (χ0) is 12.8. The molecule has 2 N–H and O–H groups in total. The van der Waals surface area contributed by atoms with Crippen molar-refractivity contribution in [3.63, 3.8) is 0 Å². The van der Waals surface area contributed by atoms with Gasteiger partial charge in [0.2, 0.25) is 5.91 Å². The van der Waals surface area contributed by atoms with Crippen molar-refractivity contribution in [1.29, 1.82) is 0 Å². The molecule has 0 aromatic heterocycles. The van der Waals surface area contributed by atoms with E-state index in [1.165, 1.54) is 0 Å². The lowest BCUT2D eigenvalue weighted by molar-refractivity contribution is -0.119. The fourth-order valence-corrected chi connectivity index (χ4v) is 2.36. The summed E-state index contributed by atoms with van der Waals surface area (Å²) < 4.78 is 0. The number of carbonyl (C=O) groups excluding carboxylic acids is 1. The fourth-order valence-electron chi connectivity index (χ4n) is 2.36. The summed E-state index contributed by atoms with van der Waals surface area (Å²) in [5, 5.41) is 0. The van der Waals surface area contributed by atoms with Crippen molar-refractivity contribution in [3.05, 3.63) is 0 Å². The third-order valence-electron chi connectivity index (χ3n) is 2.99. The first kappa shape index (κ1) is 13.8. The Hall–Kier alpha value is -1.26. The van der Waals surface area contributed by atoms with E-state index in [0.717, 1.165) is 38.4 Å². The predicted octanol–water partition coefficient (Wildman–Crippen LogP) is 0.511. The Morgan fingerprint density at radius 2 is 2.24 bits per heavy atom. The maximum atomic E-state index is 11.0. The van der Waals surface area contributed by atoms with Gasteiger partial charge in [-0.05, 0) is 25.7 Å². The number of hydrogen-bond donors (Lipinski definition) is 1. The van der Waals surface area contributed by atoms with Crippen LogP contribution in [-0.2, 0) is 4.79 Å².